The highest BCUT2D eigenvalue weighted by molar-refractivity contribution is 14.0. The third-order valence-corrected chi connectivity index (χ3v) is 1.82. The Labute approximate surface area is 116 Å². The standard InChI is InChI=1S/C10H23N3O2.HI/c1-11-10(13(2)3)12-6-5-7-15-9-8-14-4;/h5-9H2,1-4H3,(H,11,12);1H. The fourth-order valence-corrected chi connectivity index (χ4v) is 1.06. The van der Waals surface area contributed by atoms with Gasteiger partial charge in [-0.2, -0.15) is 0 Å². The van der Waals surface area contributed by atoms with E-state index in [1.165, 1.54) is 0 Å². The zero-order valence-electron chi connectivity index (χ0n) is 10.7. The second-order valence-corrected chi connectivity index (χ2v) is 3.33. The molecule has 0 aliphatic heterocycles. The molecule has 16 heavy (non-hydrogen) atoms. The van der Waals surface area contributed by atoms with Crippen LogP contribution in [0.15, 0.2) is 4.99 Å². The average molecular weight is 345 g/mol. The van der Waals surface area contributed by atoms with Crippen molar-refractivity contribution >= 4 is 29.9 Å². The van der Waals surface area contributed by atoms with E-state index >= 15 is 0 Å². The second kappa shape index (κ2) is 13.0. The van der Waals surface area contributed by atoms with Crippen molar-refractivity contribution in [3.05, 3.63) is 0 Å². The maximum atomic E-state index is 5.33. The first-order chi connectivity index (χ1) is 7.22. The Hall–Kier alpha value is -0.0800. The molecule has 0 rings (SSSR count). The van der Waals surface area contributed by atoms with E-state index in [0.29, 0.717) is 13.2 Å². The van der Waals surface area contributed by atoms with Gasteiger partial charge in [0.05, 0.1) is 13.2 Å². The number of halogens is 1. The van der Waals surface area contributed by atoms with E-state index in [-0.39, 0.29) is 24.0 Å². The smallest absolute Gasteiger partial charge is 0.193 e. The molecule has 0 spiro atoms. The number of nitrogens with one attached hydrogen (secondary N) is 1. The van der Waals surface area contributed by atoms with Crippen molar-refractivity contribution in [1.82, 2.24) is 10.2 Å². The first kappa shape index (κ1) is 18.3. The van der Waals surface area contributed by atoms with E-state index in [1.807, 2.05) is 19.0 Å². The molecule has 0 radical (unpaired) electrons. The lowest BCUT2D eigenvalue weighted by molar-refractivity contribution is 0.0698. The predicted molar refractivity (Wildman–Crippen MR) is 77.8 cm³/mol. The van der Waals surface area contributed by atoms with E-state index in [1.54, 1.807) is 14.2 Å². The minimum Gasteiger partial charge on any atom is -0.382 e. The van der Waals surface area contributed by atoms with E-state index in [2.05, 4.69) is 10.3 Å². The number of rotatable bonds is 7. The van der Waals surface area contributed by atoms with Crippen LogP contribution in [-0.4, -0.2) is 65.5 Å². The fourth-order valence-electron chi connectivity index (χ4n) is 1.06. The molecule has 0 aliphatic rings. The topological polar surface area (TPSA) is 46.1 Å². The van der Waals surface area contributed by atoms with Crippen molar-refractivity contribution in [3.63, 3.8) is 0 Å². The monoisotopic (exact) mass is 345 g/mol. The molecule has 0 heterocycles. The summed E-state index contributed by atoms with van der Waals surface area (Å²) in [7, 11) is 7.37. The highest BCUT2D eigenvalue weighted by Gasteiger charge is 1.98. The molecule has 0 atom stereocenters. The highest BCUT2D eigenvalue weighted by Crippen LogP contribution is 1.84. The maximum absolute atomic E-state index is 5.33. The average Bonchev–Trinajstić information content (AvgIpc) is 2.21. The quantitative estimate of drug-likeness (QED) is 0.321. The van der Waals surface area contributed by atoms with Crippen molar-refractivity contribution in [2.45, 2.75) is 6.42 Å². The lowest BCUT2D eigenvalue weighted by atomic mass is 10.4. The summed E-state index contributed by atoms with van der Waals surface area (Å²) in [5.41, 5.74) is 0. The normalized spacial score (nSPS) is 10.9. The summed E-state index contributed by atoms with van der Waals surface area (Å²) in [6.07, 6.45) is 0.969. The number of hydrogen-bond acceptors (Lipinski definition) is 3. The van der Waals surface area contributed by atoms with E-state index < -0.39 is 0 Å². The Bertz CT molecular complexity index is 177. The molecule has 0 aromatic carbocycles. The lowest BCUT2D eigenvalue weighted by Crippen LogP contribution is -2.37. The van der Waals surface area contributed by atoms with Crippen LogP contribution >= 0.6 is 24.0 Å². The zero-order valence-corrected chi connectivity index (χ0v) is 13.0. The molecule has 0 amide bonds. The van der Waals surface area contributed by atoms with Crippen LogP contribution < -0.4 is 5.32 Å². The molecule has 5 nitrogen and oxygen atoms in total. The Morgan fingerprint density at radius 1 is 1.25 bits per heavy atom. The van der Waals surface area contributed by atoms with Crippen molar-refractivity contribution in [3.8, 4) is 0 Å². The van der Waals surface area contributed by atoms with E-state index in [0.717, 1.165) is 25.5 Å². The Balaban J connectivity index is 0. The van der Waals surface area contributed by atoms with Gasteiger partial charge in [-0.15, -0.1) is 24.0 Å². The molecule has 98 valence electrons. The second-order valence-electron chi connectivity index (χ2n) is 3.33. The lowest BCUT2D eigenvalue weighted by Gasteiger charge is -2.16. The minimum absolute atomic E-state index is 0. The molecule has 0 unspecified atom stereocenters. The number of nitrogens with zero attached hydrogens (tertiary/aromatic N) is 2. The van der Waals surface area contributed by atoms with Gasteiger partial charge in [-0.1, -0.05) is 0 Å². The van der Waals surface area contributed by atoms with Crippen LogP contribution in [0, 0.1) is 0 Å². The third kappa shape index (κ3) is 10.4. The Morgan fingerprint density at radius 2 is 1.94 bits per heavy atom. The third-order valence-electron chi connectivity index (χ3n) is 1.82. The molecular formula is C10H24IN3O2. The molecule has 0 aromatic heterocycles. The minimum atomic E-state index is 0. The summed E-state index contributed by atoms with van der Waals surface area (Å²) in [6, 6.07) is 0. The molecule has 1 N–H and O–H groups in total. The Morgan fingerprint density at radius 3 is 2.44 bits per heavy atom. The molecular weight excluding hydrogens is 321 g/mol. The van der Waals surface area contributed by atoms with Gasteiger partial charge >= 0.3 is 0 Å². The number of ether oxygens (including phenoxy) is 2. The summed E-state index contributed by atoms with van der Waals surface area (Å²) in [5.74, 6) is 0.895. The number of aliphatic imine (C=N–C) groups is 1. The summed E-state index contributed by atoms with van der Waals surface area (Å²) in [6.45, 7) is 2.95. The first-order valence-corrected chi connectivity index (χ1v) is 5.17. The zero-order chi connectivity index (χ0) is 11.5. The van der Waals surface area contributed by atoms with Crippen LogP contribution in [0.1, 0.15) is 6.42 Å². The van der Waals surface area contributed by atoms with Crippen molar-refractivity contribution in [1.29, 1.82) is 0 Å². The SMILES string of the molecule is CN=C(NCCCOCCOC)N(C)C.I. The molecule has 0 aliphatic carbocycles. The molecule has 0 saturated carbocycles. The summed E-state index contributed by atoms with van der Waals surface area (Å²) < 4.78 is 10.2. The van der Waals surface area contributed by atoms with Crippen molar-refractivity contribution < 1.29 is 9.47 Å². The summed E-state index contributed by atoms with van der Waals surface area (Å²) in [5, 5.41) is 3.22. The van der Waals surface area contributed by atoms with Gasteiger partial charge in [0.1, 0.15) is 0 Å². The van der Waals surface area contributed by atoms with Crippen LogP contribution in [0.3, 0.4) is 0 Å². The van der Waals surface area contributed by atoms with Gasteiger partial charge in [-0.05, 0) is 6.42 Å². The molecule has 0 aromatic rings. The van der Waals surface area contributed by atoms with Gasteiger partial charge in [0, 0.05) is 41.4 Å². The molecule has 0 saturated heterocycles. The van der Waals surface area contributed by atoms with Gasteiger partial charge < -0.3 is 19.7 Å². The van der Waals surface area contributed by atoms with Gasteiger partial charge in [0.15, 0.2) is 5.96 Å². The van der Waals surface area contributed by atoms with Gasteiger partial charge in [0.2, 0.25) is 0 Å². The van der Waals surface area contributed by atoms with Crippen LogP contribution in [0.5, 0.6) is 0 Å². The van der Waals surface area contributed by atoms with Gasteiger partial charge in [-0.3, -0.25) is 4.99 Å². The maximum Gasteiger partial charge on any atom is 0.193 e. The van der Waals surface area contributed by atoms with Crippen LogP contribution in [0.4, 0.5) is 0 Å². The largest absolute Gasteiger partial charge is 0.382 e. The number of methoxy groups -OCH3 is 1. The van der Waals surface area contributed by atoms with Crippen molar-refractivity contribution in [2.75, 3.05) is 54.6 Å². The molecule has 6 heteroatoms. The van der Waals surface area contributed by atoms with E-state index in [9.17, 15) is 0 Å². The first-order valence-electron chi connectivity index (χ1n) is 5.17. The van der Waals surface area contributed by atoms with Gasteiger partial charge in [0.25, 0.3) is 0 Å². The number of guanidine groups is 1. The molecule has 0 bridgehead atoms. The molecule has 0 fully saturated rings. The summed E-state index contributed by atoms with van der Waals surface area (Å²) >= 11 is 0. The number of hydrogen-bond donors (Lipinski definition) is 1. The van der Waals surface area contributed by atoms with E-state index in [4.69, 9.17) is 9.47 Å². The van der Waals surface area contributed by atoms with Crippen molar-refractivity contribution in [2.24, 2.45) is 4.99 Å². The Kier molecular flexibility index (Phi) is 14.8. The van der Waals surface area contributed by atoms with Crippen LogP contribution in [0.2, 0.25) is 0 Å². The van der Waals surface area contributed by atoms with Crippen LogP contribution in [0.25, 0.3) is 0 Å². The van der Waals surface area contributed by atoms with Crippen LogP contribution in [-0.2, 0) is 9.47 Å². The fraction of sp³-hybridized carbons (Fsp3) is 0.900. The summed E-state index contributed by atoms with van der Waals surface area (Å²) in [4.78, 5) is 6.06. The predicted octanol–water partition coefficient (Wildman–Crippen LogP) is 0.794. The highest BCUT2D eigenvalue weighted by atomic mass is 127. The van der Waals surface area contributed by atoms with Gasteiger partial charge in [-0.25, -0.2) is 0 Å².